The molecular formula is C8H17N2O2. The Hall–Kier alpha value is -0.610. The zero-order valence-electron chi connectivity index (χ0n) is 7.80. The molecule has 0 aliphatic carbocycles. The predicted octanol–water partition coefficient (Wildman–Crippen LogP) is -0.125. The molecule has 1 N–H and O–H groups in total. The fourth-order valence-corrected chi connectivity index (χ4v) is 0.944. The Morgan fingerprint density at radius 2 is 1.92 bits per heavy atom. The summed E-state index contributed by atoms with van der Waals surface area (Å²) in [5.74, 6) is -0.415. The SMILES string of the molecule is CCN(CC)CCNC(=O)C[O]. The maximum atomic E-state index is 10.5. The van der Waals surface area contributed by atoms with E-state index >= 15 is 0 Å². The summed E-state index contributed by atoms with van der Waals surface area (Å²) in [4.78, 5) is 12.7. The summed E-state index contributed by atoms with van der Waals surface area (Å²) >= 11 is 0. The van der Waals surface area contributed by atoms with Gasteiger partial charge >= 0.3 is 0 Å². The predicted molar refractivity (Wildman–Crippen MR) is 46.4 cm³/mol. The van der Waals surface area contributed by atoms with Gasteiger partial charge in [0.2, 0.25) is 5.91 Å². The highest BCUT2D eigenvalue weighted by atomic mass is 16.3. The molecule has 0 saturated carbocycles. The van der Waals surface area contributed by atoms with Gasteiger partial charge in [-0.2, -0.15) is 0 Å². The van der Waals surface area contributed by atoms with Crippen LogP contribution < -0.4 is 5.32 Å². The smallest absolute Gasteiger partial charge is 0.249 e. The number of hydrogen-bond acceptors (Lipinski definition) is 2. The molecule has 0 heterocycles. The van der Waals surface area contributed by atoms with Crippen molar-refractivity contribution in [1.29, 1.82) is 0 Å². The molecule has 12 heavy (non-hydrogen) atoms. The highest BCUT2D eigenvalue weighted by molar-refractivity contribution is 5.76. The molecule has 1 amide bonds. The fourth-order valence-electron chi connectivity index (χ4n) is 0.944. The van der Waals surface area contributed by atoms with Gasteiger partial charge in [-0.25, -0.2) is 5.11 Å². The van der Waals surface area contributed by atoms with E-state index in [1.54, 1.807) is 0 Å². The molecule has 0 aliphatic heterocycles. The summed E-state index contributed by atoms with van der Waals surface area (Å²) in [6.45, 7) is 6.81. The third-order valence-electron chi connectivity index (χ3n) is 1.78. The van der Waals surface area contributed by atoms with Crippen LogP contribution in [0.2, 0.25) is 0 Å². The number of rotatable bonds is 6. The second-order valence-corrected chi connectivity index (χ2v) is 2.52. The summed E-state index contributed by atoms with van der Waals surface area (Å²) in [5.41, 5.74) is 0. The molecule has 0 saturated heterocycles. The van der Waals surface area contributed by atoms with Crippen LogP contribution in [0.5, 0.6) is 0 Å². The normalized spacial score (nSPS) is 10.3. The standard InChI is InChI=1S/C8H17N2O2/c1-3-10(4-2)6-5-9-8(12)7-11/h3-7H2,1-2H3,(H,9,12). The summed E-state index contributed by atoms with van der Waals surface area (Å²) in [6.07, 6.45) is 0. The topological polar surface area (TPSA) is 52.2 Å². The number of nitrogens with one attached hydrogen (secondary N) is 1. The number of carbonyl (C=O) groups is 1. The zero-order chi connectivity index (χ0) is 9.40. The zero-order valence-corrected chi connectivity index (χ0v) is 7.80. The lowest BCUT2D eigenvalue weighted by atomic mass is 10.4. The molecule has 0 unspecified atom stereocenters. The Bertz CT molecular complexity index is 124. The summed E-state index contributed by atoms with van der Waals surface area (Å²) in [5, 5.41) is 12.6. The van der Waals surface area contributed by atoms with Gasteiger partial charge in [-0.15, -0.1) is 0 Å². The van der Waals surface area contributed by atoms with Crippen LogP contribution in [0.3, 0.4) is 0 Å². The minimum Gasteiger partial charge on any atom is -0.353 e. The highest BCUT2D eigenvalue weighted by Crippen LogP contribution is 1.83. The average molecular weight is 173 g/mol. The third-order valence-corrected chi connectivity index (χ3v) is 1.78. The highest BCUT2D eigenvalue weighted by Gasteiger charge is 2.00. The van der Waals surface area contributed by atoms with Crippen molar-refractivity contribution < 1.29 is 9.90 Å². The average Bonchev–Trinajstić information content (AvgIpc) is 2.12. The van der Waals surface area contributed by atoms with Crippen molar-refractivity contribution in [2.24, 2.45) is 0 Å². The molecule has 0 rings (SSSR count). The van der Waals surface area contributed by atoms with Gasteiger partial charge in [0.25, 0.3) is 0 Å². The first-order valence-electron chi connectivity index (χ1n) is 4.31. The molecular weight excluding hydrogens is 156 g/mol. The van der Waals surface area contributed by atoms with Gasteiger partial charge in [0, 0.05) is 13.1 Å². The van der Waals surface area contributed by atoms with Crippen molar-refractivity contribution in [3.05, 3.63) is 0 Å². The summed E-state index contributed by atoms with van der Waals surface area (Å²) in [6, 6.07) is 0. The van der Waals surface area contributed by atoms with Gasteiger partial charge in [0.05, 0.1) is 0 Å². The van der Waals surface area contributed by atoms with Gasteiger partial charge in [-0.3, -0.25) is 4.79 Å². The molecule has 0 fully saturated rings. The van der Waals surface area contributed by atoms with Gasteiger partial charge in [-0.1, -0.05) is 13.8 Å². The molecule has 0 atom stereocenters. The lowest BCUT2D eigenvalue weighted by molar-refractivity contribution is -0.125. The van der Waals surface area contributed by atoms with Crippen molar-refractivity contribution in [3.8, 4) is 0 Å². The molecule has 1 radical (unpaired) electrons. The number of hydrogen-bond donors (Lipinski definition) is 1. The lowest BCUT2D eigenvalue weighted by Crippen LogP contribution is -2.35. The van der Waals surface area contributed by atoms with Crippen molar-refractivity contribution >= 4 is 5.91 Å². The Morgan fingerprint density at radius 3 is 2.33 bits per heavy atom. The number of carbonyl (C=O) groups excluding carboxylic acids is 1. The minimum absolute atomic E-state index is 0.415. The number of likely N-dealkylation sites (N-methyl/N-ethyl adjacent to an activating group) is 1. The Morgan fingerprint density at radius 1 is 1.33 bits per heavy atom. The van der Waals surface area contributed by atoms with E-state index in [9.17, 15) is 9.90 Å². The van der Waals surface area contributed by atoms with Crippen molar-refractivity contribution in [1.82, 2.24) is 10.2 Å². The molecule has 0 spiro atoms. The number of nitrogens with zero attached hydrogens (tertiary/aromatic N) is 1. The van der Waals surface area contributed by atoms with Crippen LogP contribution in [0.4, 0.5) is 0 Å². The van der Waals surface area contributed by atoms with Crippen LogP contribution >= 0.6 is 0 Å². The van der Waals surface area contributed by atoms with Crippen molar-refractivity contribution in [2.75, 3.05) is 32.8 Å². The molecule has 0 aromatic rings. The Labute approximate surface area is 73.6 Å². The molecule has 4 nitrogen and oxygen atoms in total. The second kappa shape index (κ2) is 7.06. The lowest BCUT2D eigenvalue weighted by Gasteiger charge is -2.17. The third kappa shape index (κ3) is 5.09. The number of amides is 1. The van der Waals surface area contributed by atoms with Crippen molar-refractivity contribution in [2.45, 2.75) is 13.8 Å². The maximum absolute atomic E-state index is 10.5. The quantitative estimate of drug-likeness (QED) is 0.608. The van der Waals surface area contributed by atoms with Crippen LogP contribution in [0.1, 0.15) is 13.8 Å². The molecule has 4 heteroatoms. The molecule has 0 aliphatic rings. The molecule has 71 valence electrons. The molecule has 0 bridgehead atoms. The van der Waals surface area contributed by atoms with Crippen LogP contribution in [0.15, 0.2) is 0 Å². The van der Waals surface area contributed by atoms with Crippen LogP contribution in [0, 0.1) is 0 Å². The van der Waals surface area contributed by atoms with Crippen LogP contribution in [-0.4, -0.2) is 43.6 Å². The molecule has 0 aromatic carbocycles. The maximum Gasteiger partial charge on any atom is 0.249 e. The van der Waals surface area contributed by atoms with Gasteiger partial charge in [0.15, 0.2) is 6.61 Å². The van der Waals surface area contributed by atoms with E-state index in [1.165, 1.54) is 0 Å². The van der Waals surface area contributed by atoms with E-state index < -0.39 is 12.5 Å². The minimum atomic E-state index is -0.668. The first kappa shape index (κ1) is 11.4. The summed E-state index contributed by atoms with van der Waals surface area (Å²) in [7, 11) is 0. The summed E-state index contributed by atoms with van der Waals surface area (Å²) < 4.78 is 0. The fraction of sp³-hybridized carbons (Fsp3) is 0.875. The van der Waals surface area contributed by atoms with E-state index in [-0.39, 0.29) is 0 Å². The monoisotopic (exact) mass is 173 g/mol. The molecule has 0 aromatic heterocycles. The van der Waals surface area contributed by atoms with E-state index in [4.69, 9.17) is 0 Å². The largest absolute Gasteiger partial charge is 0.353 e. The van der Waals surface area contributed by atoms with Gasteiger partial charge < -0.3 is 10.2 Å². The Kier molecular flexibility index (Phi) is 6.70. The van der Waals surface area contributed by atoms with E-state index in [1.807, 2.05) is 0 Å². The van der Waals surface area contributed by atoms with Crippen LogP contribution in [0.25, 0.3) is 0 Å². The van der Waals surface area contributed by atoms with Crippen molar-refractivity contribution in [3.63, 3.8) is 0 Å². The van der Waals surface area contributed by atoms with E-state index in [0.29, 0.717) is 6.54 Å². The van der Waals surface area contributed by atoms with E-state index in [0.717, 1.165) is 19.6 Å². The van der Waals surface area contributed by atoms with Gasteiger partial charge in [-0.05, 0) is 13.1 Å². The Balaban J connectivity index is 3.34. The first-order valence-corrected chi connectivity index (χ1v) is 4.31. The van der Waals surface area contributed by atoms with Crippen LogP contribution in [-0.2, 0) is 9.90 Å². The van der Waals surface area contributed by atoms with Gasteiger partial charge in [0.1, 0.15) is 0 Å². The van der Waals surface area contributed by atoms with E-state index in [2.05, 4.69) is 24.1 Å². The second-order valence-electron chi connectivity index (χ2n) is 2.52. The first-order chi connectivity index (χ1) is 5.74.